The summed E-state index contributed by atoms with van der Waals surface area (Å²) in [5, 5.41) is 5.42. The summed E-state index contributed by atoms with van der Waals surface area (Å²) in [6.45, 7) is 6.39. The third-order valence-electron chi connectivity index (χ3n) is 13.2. The molecule has 0 saturated heterocycles. The Morgan fingerprint density at radius 1 is 0.643 bits per heavy atom. The van der Waals surface area contributed by atoms with Gasteiger partial charge in [0, 0.05) is 17.1 Å². The largest absolute Gasteiger partial charge is 0.458 e. The van der Waals surface area contributed by atoms with Crippen molar-refractivity contribution in [2.24, 2.45) is 0 Å². The van der Waals surface area contributed by atoms with Crippen molar-refractivity contribution >= 4 is 69.0 Å². The smallest absolute Gasteiger partial charge is 0.256 e. The Hall–Kier alpha value is -5.58. The number of hydrogen-bond donors (Lipinski definition) is 0. The molecule has 0 radical (unpaired) electrons. The molecule has 56 heavy (non-hydrogen) atoms. The molecule has 1 saturated carbocycles. The van der Waals surface area contributed by atoms with E-state index in [9.17, 15) is 4.11 Å². The minimum Gasteiger partial charge on any atom is -0.458 e. The second-order valence-corrected chi connectivity index (χ2v) is 21.0. The first-order valence-corrected chi connectivity index (χ1v) is 22.4. The summed E-state index contributed by atoms with van der Waals surface area (Å²) in [5.41, 5.74) is 10.6. The van der Waals surface area contributed by atoms with Crippen LogP contribution < -0.4 is 46.8 Å². The van der Waals surface area contributed by atoms with Crippen molar-refractivity contribution in [2.75, 3.05) is 4.90 Å². The Kier molecular flexibility index (Phi) is 6.96. The summed E-state index contributed by atoms with van der Waals surface area (Å²) in [6.07, 6.45) is 6.15. The summed E-state index contributed by atoms with van der Waals surface area (Å²) in [6, 6.07) is 51.6. The fourth-order valence-corrected chi connectivity index (χ4v) is 15.7. The third kappa shape index (κ3) is 4.94. The maximum absolute atomic E-state index is 9.71. The van der Waals surface area contributed by atoms with E-state index in [2.05, 4.69) is 165 Å². The van der Waals surface area contributed by atoms with Crippen LogP contribution in [0.25, 0.3) is 11.1 Å². The summed E-state index contributed by atoms with van der Waals surface area (Å²) >= 11 is 0. The van der Waals surface area contributed by atoms with Gasteiger partial charge in [-0.2, -0.15) is 0 Å². The zero-order chi connectivity index (χ0) is 40.2. The van der Waals surface area contributed by atoms with Gasteiger partial charge in [0.05, 0.1) is 4.11 Å². The molecule has 11 rings (SSSR count). The second-order valence-electron chi connectivity index (χ2n) is 17.3. The molecule has 1 aliphatic carbocycles. The molecule has 3 heterocycles. The van der Waals surface area contributed by atoms with Gasteiger partial charge in [-0.1, -0.05) is 161 Å². The molecule has 0 unspecified atom stereocenters. The first kappa shape index (κ1) is 30.6. The summed E-state index contributed by atoms with van der Waals surface area (Å²) in [7, 11) is -2.86. The molecule has 0 amide bonds. The van der Waals surface area contributed by atoms with E-state index >= 15 is 0 Å². The van der Waals surface area contributed by atoms with Gasteiger partial charge in [-0.25, -0.2) is 0 Å². The van der Waals surface area contributed by atoms with Crippen molar-refractivity contribution in [2.45, 2.75) is 64.2 Å². The quantitative estimate of drug-likeness (QED) is 0.167. The van der Waals surface area contributed by atoms with Crippen molar-refractivity contribution in [1.29, 1.82) is 0 Å². The number of anilines is 3. The first-order chi connectivity index (χ1) is 28.7. The maximum Gasteiger partial charge on any atom is 0.256 e. The van der Waals surface area contributed by atoms with Crippen LogP contribution in [0.4, 0.5) is 17.1 Å². The van der Waals surface area contributed by atoms with E-state index in [0.717, 1.165) is 33.5 Å². The van der Waals surface area contributed by atoms with Crippen LogP contribution in [0.5, 0.6) is 11.5 Å². The van der Waals surface area contributed by atoms with E-state index in [-0.39, 0.29) is 30.3 Å². The molecule has 4 aliphatic rings. The molecular weight excluding hydrogens is 693 g/mol. The topological polar surface area (TPSA) is 12.5 Å². The second kappa shape index (κ2) is 12.7. The minimum absolute atomic E-state index is 0.0295. The SMILES string of the molecule is [2H]c1c([2H])c2c3c(c1[2H])N(c1ccc(C(C)(C)C)cc1)c1cc4c(cc1B3c1cc(C3CCCCC3)ccc1O2)[Si](c1ccccc1)(c1ccccc1)c1ccccc1-4. The molecule has 7 aromatic carbocycles. The van der Waals surface area contributed by atoms with Crippen molar-refractivity contribution in [3.8, 4) is 22.6 Å². The lowest BCUT2D eigenvalue weighted by Crippen LogP contribution is -2.73. The van der Waals surface area contributed by atoms with Gasteiger partial charge in [0.25, 0.3) is 6.71 Å². The van der Waals surface area contributed by atoms with Crippen molar-refractivity contribution in [1.82, 2.24) is 0 Å². The lowest BCUT2D eigenvalue weighted by Gasteiger charge is -2.41. The lowest BCUT2D eigenvalue weighted by molar-refractivity contribution is 0.442. The Morgan fingerprint density at radius 2 is 1.34 bits per heavy atom. The van der Waals surface area contributed by atoms with E-state index in [0.29, 0.717) is 17.4 Å². The molecule has 7 aromatic rings. The zero-order valence-electron chi connectivity index (χ0n) is 35.3. The molecular formula is C52H46BNOSi. The maximum atomic E-state index is 9.71. The van der Waals surface area contributed by atoms with E-state index in [1.165, 1.54) is 75.1 Å². The minimum atomic E-state index is -2.86. The van der Waals surface area contributed by atoms with E-state index < -0.39 is 8.07 Å². The van der Waals surface area contributed by atoms with E-state index in [4.69, 9.17) is 4.74 Å². The van der Waals surface area contributed by atoms with Crippen LogP contribution in [0.2, 0.25) is 0 Å². The third-order valence-corrected chi connectivity index (χ3v) is 18.0. The number of hydrogen-bond acceptors (Lipinski definition) is 2. The molecule has 0 N–H and O–H groups in total. The standard InChI is InChI=1S/C52H46BNOSi/c1-52(2,3)37-27-29-38(30-28-37)54-45-23-15-24-48-51(45)53(44-32-36(26-31-47(44)55-48)35-16-7-4-8-17-35)43-34-50-42(33-46(43)54)41-22-13-14-25-49(41)56(50,39-18-9-5-10-19-39)40-20-11-6-12-21-40/h5-6,9-15,18-35H,4,7-8,16-17H2,1-3H3/i15D,23D,24D. The van der Waals surface area contributed by atoms with E-state index in [1.807, 2.05) is 0 Å². The fraction of sp³-hybridized carbons (Fsp3) is 0.192. The molecule has 0 aromatic heterocycles. The average molecular weight is 743 g/mol. The predicted molar refractivity (Wildman–Crippen MR) is 239 cm³/mol. The normalized spacial score (nSPS) is 17.0. The zero-order valence-corrected chi connectivity index (χ0v) is 33.3. The molecule has 4 heteroatoms. The molecule has 3 aliphatic heterocycles. The molecule has 0 bridgehead atoms. The number of nitrogens with zero attached hydrogens (tertiary/aromatic N) is 1. The number of ether oxygens (including phenoxy) is 1. The van der Waals surface area contributed by atoms with Gasteiger partial charge in [0.15, 0.2) is 8.07 Å². The fourth-order valence-electron chi connectivity index (χ4n) is 10.5. The highest BCUT2D eigenvalue weighted by Crippen LogP contribution is 2.44. The van der Waals surface area contributed by atoms with Gasteiger partial charge in [-0.3, -0.25) is 0 Å². The van der Waals surface area contributed by atoms with Crippen molar-refractivity contribution in [3.63, 3.8) is 0 Å². The van der Waals surface area contributed by atoms with Gasteiger partial charge in [0.2, 0.25) is 0 Å². The van der Waals surface area contributed by atoms with Crippen LogP contribution in [0.15, 0.2) is 158 Å². The number of rotatable bonds is 4. The van der Waals surface area contributed by atoms with Gasteiger partial charge < -0.3 is 9.64 Å². The van der Waals surface area contributed by atoms with Crippen LogP contribution in [-0.4, -0.2) is 14.8 Å². The van der Waals surface area contributed by atoms with Gasteiger partial charge in [-0.15, -0.1) is 0 Å². The lowest BCUT2D eigenvalue weighted by atomic mass is 9.34. The van der Waals surface area contributed by atoms with Gasteiger partial charge in [0.1, 0.15) is 11.5 Å². The van der Waals surface area contributed by atoms with Crippen molar-refractivity contribution in [3.05, 3.63) is 169 Å². The Bertz CT molecular complexity index is 2770. The van der Waals surface area contributed by atoms with Gasteiger partial charge in [-0.05, 0) is 120 Å². The monoisotopic (exact) mass is 742 g/mol. The Balaban J connectivity index is 1.27. The molecule has 0 atom stereocenters. The molecule has 2 nitrogen and oxygen atoms in total. The van der Waals surface area contributed by atoms with E-state index in [1.54, 1.807) is 0 Å². The Labute approximate surface area is 337 Å². The number of fused-ring (bicyclic) bond motifs is 7. The molecule has 0 spiro atoms. The van der Waals surface area contributed by atoms with Crippen LogP contribution in [0.3, 0.4) is 0 Å². The summed E-state index contributed by atoms with van der Waals surface area (Å²) < 4.78 is 35.1. The first-order valence-electron chi connectivity index (χ1n) is 21.9. The molecule has 1 fully saturated rings. The summed E-state index contributed by atoms with van der Waals surface area (Å²) in [5.74, 6) is 1.63. The predicted octanol–water partition coefficient (Wildman–Crippen LogP) is 8.79. The van der Waals surface area contributed by atoms with Gasteiger partial charge >= 0.3 is 0 Å². The van der Waals surface area contributed by atoms with Crippen LogP contribution >= 0.6 is 0 Å². The number of benzene rings is 7. The highest BCUT2D eigenvalue weighted by Gasteiger charge is 2.51. The van der Waals surface area contributed by atoms with Crippen LogP contribution in [-0.2, 0) is 5.41 Å². The van der Waals surface area contributed by atoms with Crippen molar-refractivity contribution < 1.29 is 8.85 Å². The highest BCUT2D eigenvalue weighted by molar-refractivity contribution is 7.22. The molecule has 272 valence electrons. The summed E-state index contributed by atoms with van der Waals surface area (Å²) in [4.78, 5) is 2.21. The Morgan fingerprint density at radius 3 is 2.05 bits per heavy atom. The van der Waals surface area contributed by atoms with Crippen LogP contribution in [0.1, 0.15) is 74.0 Å². The van der Waals surface area contributed by atoms with Crippen LogP contribution in [0, 0.1) is 0 Å². The average Bonchev–Trinajstić information content (AvgIpc) is 3.56. The highest BCUT2D eigenvalue weighted by atomic mass is 28.3.